The summed E-state index contributed by atoms with van der Waals surface area (Å²) < 4.78 is 7.52. The van der Waals surface area contributed by atoms with Gasteiger partial charge in [0, 0.05) is 24.2 Å². The molecule has 0 aliphatic heterocycles. The molecule has 1 aromatic heterocycles. The molecule has 0 saturated carbocycles. The quantitative estimate of drug-likeness (QED) is 0.507. The molecule has 3 N–H and O–H groups in total. The number of carboxylic acid groups (broad SMARTS) is 2. The number of aromatic nitrogens is 2. The lowest BCUT2D eigenvalue weighted by Crippen LogP contribution is -2.09. The third-order valence-corrected chi connectivity index (χ3v) is 4.40. The lowest BCUT2D eigenvalue weighted by Gasteiger charge is -2.10. The highest BCUT2D eigenvalue weighted by Crippen LogP contribution is 2.25. The van der Waals surface area contributed by atoms with Crippen molar-refractivity contribution in [3.05, 3.63) is 65.3 Å². The van der Waals surface area contributed by atoms with Crippen LogP contribution in [0.2, 0.25) is 5.02 Å². The summed E-state index contributed by atoms with van der Waals surface area (Å²) in [5, 5.41) is 18.9. The lowest BCUT2D eigenvalue weighted by molar-refractivity contribution is -0.159. The number of ether oxygens (including phenoxy) is 1. The molecule has 8 nitrogen and oxygen atoms in total. The van der Waals surface area contributed by atoms with Crippen LogP contribution >= 0.6 is 11.6 Å². The van der Waals surface area contributed by atoms with Crippen LogP contribution in [0.1, 0.15) is 12.5 Å². The van der Waals surface area contributed by atoms with E-state index in [1.807, 2.05) is 73.3 Å². The largest absolute Gasteiger partial charge is 0.494 e. The lowest BCUT2D eigenvalue weighted by atomic mass is 10.1. The molecule has 0 atom stereocenters. The second-order valence-electron chi connectivity index (χ2n) is 6.04. The van der Waals surface area contributed by atoms with E-state index in [0.717, 1.165) is 33.5 Å². The minimum atomic E-state index is -1.82. The Balaban J connectivity index is 0.000000469. The fraction of sp³-hybridized carbons (Fsp3) is 0.190. The Morgan fingerprint density at radius 2 is 1.73 bits per heavy atom. The predicted molar refractivity (Wildman–Crippen MR) is 114 cm³/mol. The third kappa shape index (κ3) is 6.25. The van der Waals surface area contributed by atoms with Crippen molar-refractivity contribution in [2.75, 3.05) is 11.9 Å². The average Bonchev–Trinajstić information content (AvgIpc) is 3.09. The molecule has 0 saturated heterocycles. The standard InChI is InChI=1S/C19H20ClN3O.C2H2O4/c1-3-24-16-10-8-14(9-11-16)18-13-22-19(23(18)2)21-12-15-6-4-5-7-17(15)20;3-1(4)2(5)6/h4-11,13H,3,12H2,1-2H3,(H,21,22);(H,3,4)(H,5,6). The van der Waals surface area contributed by atoms with E-state index in [0.29, 0.717) is 13.2 Å². The molecule has 3 rings (SSSR count). The fourth-order valence-corrected chi connectivity index (χ4v) is 2.75. The summed E-state index contributed by atoms with van der Waals surface area (Å²) in [4.78, 5) is 22.7. The van der Waals surface area contributed by atoms with Gasteiger partial charge in [0.1, 0.15) is 5.75 Å². The van der Waals surface area contributed by atoms with Crippen LogP contribution < -0.4 is 10.1 Å². The van der Waals surface area contributed by atoms with Crippen LogP contribution in [0.3, 0.4) is 0 Å². The maximum absolute atomic E-state index is 9.10. The number of hydrogen-bond donors (Lipinski definition) is 3. The number of aliphatic carboxylic acids is 2. The molecule has 0 aliphatic rings. The molecule has 0 amide bonds. The summed E-state index contributed by atoms with van der Waals surface area (Å²) in [6.45, 7) is 3.28. The molecule has 9 heteroatoms. The number of rotatable bonds is 6. The van der Waals surface area contributed by atoms with Crippen LogP contribution in [0.25, 0.3) is 11.3 Å². The van der Waals surface area contributed by atoms with Crippen molar-refractivity contribution in [2.24, 2.45) is 7.05 Å². The SMILES string of the molecule is CCOc1ccc(-c2cnc(NCc3ccccc3Cl)n2C)cc1.O=C(O)C(=O)O. The average molecular weight is 432 g/mol. The number of benzene rings is 2. The monoisotopic (exact) mass is 431 g/mol. The number of nitrogens with zero attached hydrogens (tertiary/aromatic N) is 2. The van der Waals surface area contributed by atoms with Gasteiger partial charge < -0.3 is 24.8 Å². The minimum absolute atomic E-state index is 0.632. The van der Waals surface area contributed by atoms with Gasteiger partial charge >= 0.3 is 11.9 Å². The first-order valence-corrected chi connectivity index (χ1v) is 9.39. The first kappa shape index (κ1) is 22.8. The number of imidazole rings is 1. The molecule has 0 fully saturated rings. The van der Waals surface area contributed by atoms with Gasteiger partial charge in [0.25, 0.3) is 0 Å². The summed E-state index contributed by atoms with van der Waals surface area (Å²) in [5.74, 6) is -1.97. The first-order chi connectivity index (χ1) is 14.3. The zero-order valence-electron chi connectivity index (χ0n) is 16.5. The van der Waals surface area contributed by atoms with Crippen molar-refractivity contribution in [1.29, 1.82) is 0 Å². The van der Waals surface area contributed by atoms with Gasteiger partial charge in [-0.15, -0.1) is 0 Å². The molecule has 0 unspecified atom stereocenters. The van der Waals surface area contributed by atoms with Gasteiger partial charge in [0.2, 0.25) is 5.95 Å². The Morgan fingerprint density at radius 1 is 1.10 bits per heavy atom. The van der Waals surface area contributed by atoms with Gasteiger partial charge in [0.05, 0.1) is 18.5 Å². The zero-order chi connectivity index (χ0) is 22.1. The number of halogens is 1. The maximum atomic E-state index is 9.10. The summed E-state index contributed by atoms with van der Waals surface area (Å²) in [6.07, 6.45) is 1.87. The number of carbonyl (C=O) groups is 2. The van der Waals surface area contributed by atoms with Gasteiger partial charge in [0.15, 0.2) is 0 Å². The Morgan fingerprint density at radius 3 is 2.30 bits per heavy atom. The summed E-state index contributed by atoms with van der Waals surface area (Å²) in [7, 11) is 1.99. The summed E-state index contributed by atoms with van der Waals surface area (Å²) in [5.41, 5.74) is 3.18. The fourth-order valence-electron chi connectivity index (χ4n) is 2.55. The summed E-state index contributed by atoms with van der Waals surface area (Å²) >= 11 is 6.19. The van der Waals surface area contributed by atoms with E-state index < -0.39 is 11.9 Å². The highest BCUT2D eigenvalue weighted by molar-refractivity contribution is 6.31. The van der Waals surface area contributed by atoms with Crippen LogP contribution in [0.5, 0.6) is 5.75 Å². The number of hydrogen-bond acceptors (Lipinski definition) is 5. The van der Waals surface area contributed by atoms with Crippen molar-refractivity contribution in [2.45, 2.75) is 13.5 Å². The van der Waals surface area contributed by atoms with E-state index in [1.165, 1.54) is 0 Å². The first-order valence-electron chi connectivity index (χ1n) is 9.02. The normalized spacial score (nSPS) is 9.97. The smallest absolute Gasteiger partial charge is 0.414 e. The van der Waals surface area contributed by atoms with Crippen molar-refractivity contribution >= 4 is 29.5 Å². The van der Waals surface area contributed by atoms with Gasteiger partial charge in [-0.25, -0.2) is 14.6 Å². The molecule has 158 valence electrons. The van der Waals surface area contributed by atoms with Crippen molar-refractivity contribution in [3.63, 3.8) is 0 Å². The number of carboxylic acids is 2. The molecule has 0 spiro atoms. The number of nitrogens with one attached hydrogen (secondary N) is 1. The summed E-state index contributed by atoms with van der Waals surface area (Å²) in [6, 6.07) is 15.8. The molecule has 3 aromatic rings. The van der Waals surface area contributed by atoms with E-state index >= 15 is 0 Å². The maximum Gasteiger partial charge on any atom is 0.414 e. The van der Waals surface area contributed by atoms with Gasteiger partial charge in [-0.3, -0.25) is 0 Å². The highest BCUT2D eigenvalue weighted by atomic mass is 35.5. The van der Waals surface area contributed by atoms with Crippen LogP contribution in [-0.2, 0) is 23.2 Å². The van der Waals surface area contributed by atoms with E-state index in [2.05, 4.69) is 10.3 Å². The molecule has 0 aliphatic carbocycles. The Kier molecular flexibility index (Phi) is 8.25. The Labute approximate surface area is 178 Å². The second-order valence-corrected chi connectivity index (χ2v) is 6.45. The molecular formula is C21H22ClN3O5. The van der Waals surface area contributed by atoms with Crippen LogP contribution in [0.4, 0.5) is 5.95 Å². The minimum Gasteiger partial charge on any atom is -0.494 e. The van der Waals surface area contributed by atoms with Gasteiger partial charge in [-0.1, -0.05) is 29.8 Å². The van der Waals surface area contributed by atoms with Crippen LogP contribution in [0.15, 0.2) is 54.7 Å². The molecule has 0 radical (unpaired) electrons. The van der Waals surface area contributed by atoms with E-state index in [1.54, 1.807) is 0 Å². The Bertz CT molecular complexity index is 990. The highest BCUT2D eigenvalue weighted by Gasteiger charge is 2.09. The second kappa shape index (κ2) is 10.9. The topological polar surface area (TPSA) is 114 Å². The predicted octanol–water partition coefficient (Wildman–Crippen LogP) is 3.91. The van der Waals surface area contributed by atoms with Crippen molar-refractivity contribution in [3.8, 4) is 17.0 Å². The molecular weight excluding hydrogens is 410 g/mol. The van der Waals surface area contributed by atoms with E-state index in [4.69, 9.17) is 36.1 Å². The molecule has 30 heavy (non-hydrogen) atoms. The van der Waals surface area contributed by atoms with E-state index in [-0.39, 0.29) is 0 Å². The van der Waals surface area contributed by atoms with Gasteiger partial charge in [-0.2, -0.15) is 0 Å². The third-order valence-electron chi connectivity index (χ3n) is 4.03. The van der Waals surface area contributed by atoms with Crippen molar-refractivity contribution in [1.82, 2.24) is 9.55 Å². The van der Waals surface area contributed by atoms with Crippen LogP contribution in [0, 0.1) is 0 Å². The molecule has 0 bridgehead atoms. The van der Waals surface area contributed by atoms with Crippen LogP contribution in [-0.4, -0.2) is 38.3 Å². The molecule has 1 heterocycles. The zero-order valence-corrected chi connectivity index (χ0v) is 17.3. The van der Waals surface area contributed by atoms with E-state index in [9.17, 15) is 0 Å². The Hall–Kier alpha value is -3.52. The number of anilines is 1. The van der Waals surface area contributed by atoms with Crippen molar-refractivity contribution < 1.29 is 24.5 Å². The van der Waals surface area contributed by atoms with Gasteiger partial charge in [-0.05, 0) is 42.8 Å². The molecule has 2 aromatic carbocycles.